The molecule has 1 aromatic carbocycles. The highest BCUT2D eigenvalue weighted by Gasteiger charge is 2.16. The van der Waals surface area contributed by atoms with Crippen molar-refractivity contribution in [2.45, 2.75) is 0 Å². The molecule has 6 nitrogen and oxygen atoms in total. The van der Waals surface area contributed by atoms with Crippen LogP contribution in [0.15, 0.2) is 48.7 Å². The van der Waals surface area contributed by atoms with Gasteiger partial charge in [-0.3, -0.25) is 10.1 Å². The molecule has 88 valence electrons. The Morgan fingerprint density at radius 3 is 2.61 bits per heavy atom. The van der Waals surface area contributed by atoms with Crippen LogP contribution in [0, 0.1) is 10.1 Å². The zero-order chi connectivity index (χ0) is 12.5. The van der Waals surface area contributed by atoms with Gasteiger partial charge in [-0.25, -0.2) is 9.50 Å². The highest BCUT2D eigenvalue weighted by Crippen LogP contribution is 2.21. The smallest absolute Gasteiger partial charge is 0.258 e. The molecule has 0 spiro atoms. The van der Waals surface area contributed by atoms with E-state index in [2.05, 4.69) is 10.1 Å². The van der Waals surface area contributed by atoms with E-state index in [-0.39, 0.29) is 11.3 Å². The normalized spacial score (nSPS) is 10.7. The van der Waals surface area contributed by atoms with E-state index in [0.29, 0.717) is 5.82 Å². The van der Waals surface area contributed by atoms with Crippen LogP contribution in [0.4, 0.5) is 5.69 Å². The Bertz CT molecular complexity index is 721. The molecule has 2 heterocycles. The lowest BCUT2D eigenvalue weighted by Crippen LogP contribution is -1.93. The molecule has 0 bridgehead atoms. The van der Waals surface area contributed by atoms with Crippen LogP contribution in [0.5, 0.6) is 0 Å². The van der Waals surface area contributed by atoms with Crippen LogP contribution < -0.4 is 0 Å². The van der Waals surface area contributed by atoms with Crippen LogP contribution in [-0.4, -0.2) is 19.5 Å². The first-order valence-electron chi connectivity index (χ1n) is 5.31. The standard InChI is InChI=1S/C12H8N4O2/c17-16(18)10-7-4-8-15-12(10)13-11(14-15)9-5-2-1-3-6-9/h1-8H. The lowest BCUT2D eigenvalue weighted by Gasteiger charge is -1.91. The number of pyridine rings is 1. The molecule has 0 aliphatic heterocycles. The molecule has 0 atom stereocenters. The summed E-state index contributed by atoms with van der Waals surface area (Å²) in [6.45, 7) is 0. The summed E-state index contributed by atoms with van der Waals surface area (Å²) < 4.78 is 1.42. The first-order chi connectivity index (χ1) is 8.75. The van der Waals surface area contributed by atoms with Crippen molar-refractivity contribution in [3.63, 3.8) is 0 Å². The lowest BCUT2D eigenvalue weighted by atomic mass is 10.2. The Kier molecular flexibility index (Phi) is 2.26. The minimum absolute atomic E-state index is 0.0489. The molecule has 0 aliphatic carbocycles. The average Bonchev–Trinajstić information content (AvgIpc) is 2.83. The van der Waals surface area contributed by atoms with Crippen molar-refractivity contribution < 1.29 is 4.92 Å². The molecular weight excluding hydrogens is 232 g/mol. The highest BCUT2D eigenvalue weighted by molar-refractivity contribution is 5.64. The summed E-state index contributed by atoms with van der Waals surface area (Å²) in [7, 11) is 0. The van der Waals surface area contributed by atoms with Crippen LogP contribution in [0.3, 0.4) is 0 Å². The maximum atomic E-state index is 10.9. The maximum absolute atomic E-state index is 10.9. The molecule has 18 heavy (non-hydrogen) atoms. The fourth-order valence-electron chi connectivity index (χ4n) is 1.74. The van der Waals surface area contributed by atoms with E-state index in [9.17, 15) is 10.1 Å². The van der Waals surface area contributed by atoms with Crippen molar-refractivity contribution in [3.8, 4) is 11.4 Å². The quantitative estimate of drug-likeness (QED) is 0.509. The molecule has 0 saturated heterocycles. The molecule has 0 aliphatic rings. The van der Waals surface area contributed by atoms with E-state index in [4.69, 9.17) is 0 Å². The molecule has 6 heteroatoms. The van der Waals surface area contributed by atoms with Gasteiger partial charge in [0.1, 0.15) is 0 Å². The molecule has 0 fully saturated rings. The number of fused-ring (bicyclic) bond motifs is 1. The van der Waals surface area contributed by atoms with Crippen molar-refractivity contribution in [2.24, 2.45) is 0 Å². The van der Waals surface area contributed by atoms with E-state index in [1.54, 1.807) is 12.3 Å². The van der Waals surface area contributed by atoms with Gasteiger partial charge in [0, 0.05) is 17.8 Å². The zero-order valence-corrected chi connectivity index (χ0v) is 9.22. The van der Waals surface area contributed by atoms with Gasteiger partial charge in [-0.2, -0.15) is 0 Å². The fraction of sp³-hybridized carbons (Fsp3) is 0. The lowest BCUT2D eigenvalue weighted by molar-refractivity contribution is -0.383. The van der Waals surface area contributed by atoms with Crippen LogP contribution in [0.2, 0.25) is 0 Å². The summed E-state index contributed by atoms with van der Waals surface area (Å²) in [5.41, 5.74) is 1.03. The second-order valence-electron chi connectivity index (χ2n) is 3.72. The second-order valence-corrected chi connectivity index (χ2v) is 3.72. The molecule has 3 rings (SSSR count). The van der Waals surface area contributed by atoms with Crippen LogP contribution in [0.25, 0.3) is 17.0 Å². The van der Waals surface area contributed by atoms with E-state index >= 15 is 0 Å². The summed E-state index contributed by atoms with van der Waals surface area (Å²) >= 11 is 0. The van der Waals surface area contributed by atoms with Crippen LogP contribution in [-0.2, 0) is 0 Å². The van der Waals surface area contributed by atoms with Crippen molar-refractivity contribution in [3.05, 3.63) is 58.8 Å². The number of benzene rings is 1. The third kappa shape index (κ3) is 1.60. The van der Waals surface area contributed by atoms with E-state index < -0.39 is 4.92 Å². The minimum Gasteiger partial charge on any atom is -0.258 e. The van der Waals surface area contributed by atoms with Gasteiger partial charge >= 0.3 is 5.69 Å². The van der Waals surface area contributed by atoms with Gasteiger partial charge in [0.05, 0.1) is 4.92 Å². The van der Waals surface area contributed by atoms with Gasteiger partial charge in [0.15, 0.2) is 5.82 Å². The van der Waals surface area contributed by atoms with Gasteiger partial charge in [0.25, 0.3) is 0 Å². The first kappa shape index (κ1) is 10.4. The van der Waals surface area contributed by atoms with Crippen molar-refractivity contribution in [1.82, 2.24) is 14.6 Å². The first-order valence-corrected chi connectivity index (χ1v) is 5.31. The predicted molar refractivity (Wildman–Crippen MR) is 65.1 cm³/mol. The Balaban J connectivity index is 2.23. The monoisotopic (exact) mass is 240 g/mol. The Morgan fingerprint density at radius 2 is 1.89 bits per heavy atom. The maximum Gasteiger partial charge on any atom is 0.313 e. The Morgan fingerprint density at radius 1 is 1.11 bits per heavy atom. The van der Waals surface area contributed by atoms with Crippen molar-refractivity contribution in [2.75, 3.05) is 0 Å². The second kappa shape index (κ2) is 3.92. The molecule has 0 saturated carbocycles. The third-order valence-electron chi connectivity index (χ3n) is 2.57. The van der Waals surface area contributed by atoms with Crippen LogP contribution >= 0.6 is 0 Å². The number of hydrogen-bond donors (Lipinski definition) is 0. The molecule has 0 N–H and O–H groups in total. The predicted octanol–water partition coefficient (Wildman–Crippen LogP) is 2.30. The topological polar surface area (TPSA) is 73.3 Å². The zero-order valence-electron chi connectivity index (χ0n) is 9.22. The summed E-state index contributed by atoms with van der Waals surface area (Å²) in [6, 6.07) is 12.3. The molecule has 0 radical (unpaired) electrons. The molecule has 2 aromatic heterocycles. The average molecular weight is 240 g/mol. The van der Waals surface area contributed by atoms with Gasteiger partial charge < -0.3 is 0 Å². The molecule has 3 aromatic rings. The van der Waals surface area contributed by atoms with Gasteiger partial charge in [-0.1, -0.05) is 30.3 Å². The SMILES string of the molecule is O=[N+]([O-])c1cccn2nc(-c3ccccc3)nc12. The van der Waals surface area contributed by atoms with E-state index in [1.165, 1.54) is 10.6 Å². The van der Waals surface area contributed by atoms with Gasteiger partial charge in [0.2, 0.25) is 5.65 Å². The summed E-state index contributed by atoms with van der Waals surface area (Å²) in [5, 5.41) is 15.1. The van der Waals surface area contributed by atoms with Crippen LogP contribution in [0.1, 0.15) is 0 Å². The largest absolute Gasteiger partial charge is 0.313 e. The fourth-order valence-corrected chi connectivity index (χ4v) is 1.74. The summed E-state index contributed by atoms with van der Waals surface area (Å²) in [6.07, 6.45) is 1.64. The Hall–Kier alpha value is -2.76. The molecule has 0 unspecified atom stereocenters. The Labute approximate surface area is 102 Å². The van der Waals surface area contributed by atoms with E-state index in [1.807, 2.05) is 30.3 Å². The summed E-state index contributed by atoms with van der Waals surface area (Å²) in [4.78, 5) is 14.6. The van der Waals surface area contributed by atoms with Crippen molar-refractivity contribution in [1.29, 1.82) is 0 Å². The number of hydrogen-bond acceptors (Lipinski definition) is 4. The highest BCUT2D eigenvalue weighted by atomic mass is 16.6. The number of aromatic nitrogens is 3. The van der Waals surface area contributed by atoms with Gasteiger partial charge in [-0.05, 0) is 6.07 Å². The number of nitro groups is 1. The van der Waals surface area contributed by atoms with E-state index in [0.717, 1.165) is 5.56 Å². The van der Waals surface area contributed by atoms with Crippen molar-refractivity contribution >= 4 is 11.3 Å². The number of nitrogens with zero attached hydrogens (tertiary/aromatic N) is 4. The molecular formula is C12H8N4O2. The minimum atomic E-state index is -0.460. The molecule has 0 amide bonds. The summed E-state index contributed by atoms with van der Waals surface area (Å²) in [5.74, 6) is 0.477. The van der Waals surface area contributed by atoms with Gasteiger partial charge in [-0.15, -0.1) is 5.10 Å². The third-order valence-corrected chi connectivity index (χ3v) is 2.57. The number of rotatable bonds is 2.